The third kappa shape index (κ3) is 4.78. The maximum absolute atomic E-state index is 12.6. The molecule has 0 aliphatic heterocycles. The Hall–Kier alpha value is -2.58. The number of quaternary nitrogens is 1. The van der Waals surface area contributed by atoms with Crippen molar-refractivity contribution in [3.05, 3.63) is 40.3 Å². The van der Waals surface area contributed by atoms with Crippen LogP contribution < -0.4 is 25.4 Å². The minimum atomic E-state index is -0.555. The second-order valence-electron chi connectivity index (χ2n) is 6.40. The van der Waals surface area contributed by atoms with E-state index in [1.807, 2.05) is 33.0 Å². The van der Waals surface area contributed by atoms with E-state index in [2.05, 4.69) is 5.32 Å². The molecule has 146 valence electrons. The fourth-order valence-electron chi connectivity index (χ4n) is 2.71. The van der Waals surface area contributed by atoms with Crippen LogP contribution in [0.15, 0.2) is 23.6 Å². The lowest BCUT2D eigenvalue weighted by molar-refractivity contribution is -0.907. The molecule has 2 amide bonds. The van der Waals surface area contributed by atoms with E-state index >= 15 is 0 Å². The van der Waals surface area contributed by atoms with Crippen molar-refractivity contribution in [1.29, 1.82) is 0 Å². The molecule has 27 heavy (non-hydrogen) atoms. The number of rotatable bonds is 8. The van der Waals surface area contributed by atoms with Gasteiger partial charge in [0.2, 0.25) is 0 Å². The van der Waals surface area contributed by atoms with Crippen LogP contribution in [0.25, 0.3) is 0 Å². The second kappa shape index (κ2) is 8.88. The van der Waals surface area contributed by atoms with E-state index in [9.17, 15) is 9.59 Å². The number of benzene rings is 1. The molecule has 8 heteroatoms. The molecule has 0 saturated carbocycles. The molecule has 0 bridgehead atoms. The summed E-state index contributed by atoms with van der Waals surface area (Å²) in [6, 6.07) is 5.14. The SMILES string of the molecule is COc1cc(C)c(C[NH+](C)[C@@H](C)C(=O)Nc2sccc2C(N)=O)cc1OC. The van der Waals surface area contributed by atoms with Crippen molar-refractivity contribution >= 4 is 28.2 Å². The summed E-state index contributed by atoms with van der Waals surface area (Å²) < 4.78 is 10.7. The largest absolute Gasteiger partial charge is 0.493 e. The summed E-state index contributed by atoms with van der Waals surface area (Å²) >= 11 is 1.28. The Bertz CT molecular complexity index is 834. The number of nitrogens with one attached hydrogen (secondary N) is 2. The van der Waals surface area contributed by atoms with Gasteiger partial charge in [-0.3, -0.25) is 9.59 Å². The zero-order valence-corrected chi connectivity index (χ0v) is 17.0. The second-order valence-corrected chi connectivity index (χ2v) is 7.31. The van der Waals surface area contributed by atoms with Gasteiger partial charge in [-0.2, -0.15) is 0 Å². The molecule has 0 aliphatic rings. The van der Waals surface area contributed by atoms with Crippen LogP contribution in [-0.4, -0.2) is 39.1 Å². The number of anilines is 1. The Morgan fingerprint density at radius 1 is 1.26 bits per heavy atom. The van der Waals surface area contributed by atoms with Crippen LogP contribution in [0.5, 0.6) is 11.5 Å². The van der Waals surface area contributed by atoms with Crippen LogP contribution in [-0.2, 0) is 11.3 Å². The smallest absolute Gasteiger partial charge is 0.282 e. The maximum Gasteiger partial charge on any atom is 0.282 e. The molecular formula is C19H26N3O4S+. The Kier molecular flexibility index (Phi) is 6.81. The Labute approximate surface area is 163 Å². The van der Waals surface area contributed by atoms with E-state index in [1.165, 1.54) is 11.3 Å². The van der Waals surface area contributed by atoms with Crippen LogP contribution >= 0.6 is 11.3 Å². The van der Waals surface area contributed by atoms with Gasteiger partial charge in [0.25, 0.3) is 11.8 Å². The van der Waals surface area contributed by atoms with Gasteiger partial charge in [-0.1, -0.05) is 0 Å². The Morgan fingerprint density at radius 2 is 1.89 bits per heavy atom. The topological polar surface area (TPSA) is 95.1 Å². The molecule has 0 spiro atoms. The molecule has 1 unspecified atom stereocenters. The molecule has 0 aliphatic carbocycles. The number of carbonyl (C=O) groups excluding carboxylic acids is 2. The predicted molar refractivity (Wildman–Crippen MR) is 106 cm³/mol. The summed E-state index contributed by atoms with van der Waals surface area (Å²) in [4.78, 5) is 25.0. The van der Waals surface area contributed by atoms with Gasteiger partial charge < -0.3 is 25.4 Å². The summed E-state index contributed by atoms with van der Waals surface area (Å²) in [7, 11) is 5.15. The van der Waals surface area contributed by atoms with Crippen LogP contribution in [0.3, 0.4) is 0 Å². The molecule has 0 fully saturated rings. The molecule has 4 N–H and O–H groups in total. The van der Waals surface area contributed by atoms with E-state index in [4.69, 9.17) is 15.2 Å². The van der Waals surface area contributed by atoms with E-state index in [-0.39, 0.29) is 11.9 Å². The van der Waals surface area contributed by atoms with Crippen molar-refractivity contribution in [2.75, 3.05) is 26.6 Å². The van der Waals surface area contributed by atoms with Crippen molar-refractivity contribution in [2.24, 2.45) is 5.73 Å². The quantitative estimate of drug-likeness (QED) is 0.629. The molecule has 2 aromatic rings. The minimum absolute atomic E-state index is 0.171. The molecule has 2 rings (SSSR count). The lowest BCUT2D eigenvalue weighted by Gasteiger charge is -2.22. The zero-order valence-electron chi connectivity index (χ0n) is 16.2. The fraction of sp³-hybridized carbons (Fsp3) is 0.368. The third-order valence-electron chi connectivity index (χ3n) is 4.61. The maximum atomic E-state index is 12.6. The van der Waals surface area contributed by atoms with Gasteiger partial charge in [0.1, 0.15) is 11.5 Å². The number of hydrogen-bond donors (Lipinski definition) is 3. The van der Waals surface area contributed by atoms with Crippen LogP contribution in [0, 0.1) is 6.92 Å². The number of methoxy groups -OCH3 is 2. The summed E-state index contributed by atoms with van der Waals surface area (Å²) in [5.74, 6) is 0.614. The monoisotopic (exact) mass is 392 g/mol. The van der Waals surface area contributed by atoms with Gasteiger partial charge >= 0.3 is 0 Å². The average Bonchev–Trinajstić information content (AvgIpc) is 3.10. The first kappa shape index (κ1) is 20.7. The Morgan fingerprint density at radius 3 is 2.48 bits per heavy atom. The van der Waals surface area contributed by atoms with Gasteiger partial charge in [0.15, 0.2) is 17.5 Å². The molecular weight excluding hydrogens is 366 g/mol. The molecule has 0 radical (unpaired) electrons. The van der Waals surface area contributed by atoms with Crippen molar-refractivity contribution in [1.82, 2.24) is 0 Å². The summed E-state index contributed by atoms with van der Waals surface area (Å²) in [5, 5.41) is 5.01. The highest BCUT2D eigenvalue weighted by molar-refractivity contribution is 7.14. The number of likely N-dealkylation sites (N-methyl/N-ethyl adjacent to an activating group) is 1. The average molecular weight is 393 g/mol. The lowest BCUT2D eigenvalue weighted by atomic mass is 10.1. The van der Waals surface area contributed by atoms with Crippen LogP contribution in [0.2, 0.25) is 0 Å². The number of aryl methyl sites for hydroxylation is 1. The number of thiophene rings is 1. The highest BCUT2D eigenvalue weighted by Crippen LogP contribution is 2.30. The fourth-order valence-corrected chi connectivity index (χ4v) is 3.51. The number of nitrogens with two attached hydrogens (primary N) is 1. The first-order valence-corrected chi connectivity index (χ1v) is 9.38. The number of ether oxygens (including phenoxy) is 2. The standard InChI is InChI=1S/C19H25N3O4S/c1-11-8-15(25-4)16(26-5)9-13(11)10-22(3)12(2)18(24)21-19-14(17(20)23)6-7-27-19/h6-9,12H,10H2,1-5H3,(H2,20,23)(H,21,24)/p+1/t12-/m0/s1. The summed E-state index contributed by atoms with van der Waals surface area (Å²) in [6.45, 7) is 4.48. The molecule has 7 nitrogen and oxygen atoms in total. The highest BCUT2D eigenvalue weighted by Gasteiger charge is 2.25. The highest BCUT2D eigenvalue weighted by atomic mass is 32.1. The lowest BCUT2D eigenvalue weighted by Crippen LogP contribution is -3.12. The van der Waals surface area contributed by atoms with Crippen molar-refractivity contribution in [3.8, 4) is 11.5 Å². The van der Waals surface area contributed by atoms with Crippen molar-refractivity contribution in [3.63, 3.8) is 0 Å². The zero-order chi connectivity index (χ0) is 20.1. The number of hydrogen-bond acceptors (Lipinski definition) is 5. The molecule has 1 aromatic carbocycles. The molecule has 1 heterocycles. The van der Waals surface area contributed by atoms with Gasteiger partial charge in [0.05, 0.1) is 26.8 Å². The van der Waals surface area contributed by atoms with E-state index in [1.54, 1.807) is 25.7 Å². The number of primary amides is 1. The Balaban J connectivity index is 2.11. The van der Waals surface area contributed by atoms with Gasteiger partial charge in [-0.05, 0) is 43.0 Å². The predicted octanol–water partition coefficient (Wildman–Crippen LogP) is 1.21. The molecule has 2 atom stereocenters. The minimum Gasteiger partial charge on any atom is -0.493 e. The van der Waals surface area contributed by atoms with Gasteiger partial charge in [-0.15, -0.1) is 11.3 Å². The first-order valence-electron chi connectivity index (χ1n) is 8.50. The van der Waals surface area contributed by atoms with Gasteiger partial charge in [-0.25, -0.2) is 0 Å². The molecule has 0 saturated heterocycles. The number of amides is 2. The van der Waals surface area contributed by atoms with E-state index in [0.29, 0.717) is 28.6 Å². The first-order chi connectivity index (χ1) is 12.8. The van der Waals surface area contributed by atoms with Crippen LogP contribution in [0.4, 0.5) is 5.00 Å². The molecule has 1 aromatic heterocycles. The van der Waals surface area contributed by atoms with E-state index in [0.717, 1.165) is 16.0 Å². The van der Waals surface area contributed by atoms with Gasteiger partial charge in [0, 0.05) is 5.56 Å². The normalized spacial score (nSPS) is 12.9. The van der Waals surface area contributed by atoms with E-state index < -0.39 is 5.91 Å². The number of carbonyl (C=O) groups is 2. The summed E-state index contributed by atoms with van der Waals surface area (Å²) in [5.41, 5.74) is 7.79. The van der Waals surface area contributed by atoms with Crippen molar-refractivity contribution < 1.29 is 24.0 Å². The van der Waals surface area contributed by atoms with Crippen molar-refractivity contribution in [2.45, 2.75) is 26.4 Å². The summed E-state index contributed by atoms with van der Waals surface area (Å²) in [6.07, 6.45) is 0. The third-order valence-corrected chi connectivity index (χ3v) is 5.44. The van der Waals surface area contributed by atoms with Crippen LogP contribution in [0.1, 0.15) is 28.4 Å².